The fourth-order valence-electron chi connectivity index (χ4n) is 2.42. The Hall–Kier alpha value is -2.62. The lowest BCUT2D eigenvalue weighted by Gasteiger charge is -2.20. The van der Waals surface area contributed by atoms with Gasteiger partial charge in [0.1, 0.15) is 0 Å². The van der Waals surface area contributed by atoms with E-state index in [1.165, 1.54) is 6.08 Å². The third-order valence-corrected chi connectivity index (χ3v) is 3.55. The summed E-state index contributed by atoms with van der Waals surface area (Å²) in [6.45, 7) is 5.28. The molecule has 2 rings (SSSR count). The number of esters is 1. The van der Waals surface area contributed by atoms with Gasteiger partial charge in [-0.05, 0) is 24.1 Å². The highest BCUT2D eigenvalue weighted by atomic mass is 19.4. The van der Waals surface area contributed by atoms with Crippen LogP contribution in [0.3, 0.4) is 0 Å². The van der Waals surface area contributed by atoms with E-state index in [0.29, 0.717) is 16.7 Å². The Morgan fingerprint density at radius 3 is 2.76 bits per heavy atom. The molecule has 0 saturated carbocycles. The number of carbonyl (C=O) groups excluding carboxylic acids is 1. The Morgan fingerprint density at radius 1 is 1.52 bits per heavy atom. The number of carbonyl (C=O) groups is 1. The summed E-state index contributed by atoms with van der Waals surface area (Å²) < 4.78 is 40.1. The molecular weight excluding hydrogens is 343 g/mol. The Kier molecular flexibility index (Phi) is 5.31. The molecule has 1 aliphatic heterocycles. The van der Waals surface area contributed by atoms with Crippen molar-refractivity contribution in [2.24, 2.45) is 0 Å². The molecule has 0 aromatic carbocycles. The third kappa shape index (κ3) is 4.47. The summed E-state index contributed by atoms with van der Waals surface area (Å²) in [5.74, 6) is -2.22. The molecule has 1 heterocycles. The fraction of sp³-hybridized carbons (Fsp3) is 0.400. The Balaban J connectivity index is 1.93. The van der Waals surface area contributed by atoms with Gasteiger partial charge in [0, 0.05) is 25.2 Å². The average Bonchev–Trinajstić information content (AvgIpc) is 2.90. The number of nitrogens with one attached hydrogen (secondary N) is 1. The van der Waals surface area contributed by atoms with Crippen LogP contribution in [0.1, 0.15) is 13.3 Å². The first-order valence-electron chi connectivity index (χ1n) is 7.32. The van der Waals surface area contributed by atoms with Gasteiger partial charge in [-0.25, -0.2) is 10.2 Å². The zero-order chi connectivity index (χ0) is 18.8. The van der Waals surface area contributed by atoms with Crippen molar-refractivity contribution in [3.63, 3.8) is 0 Å². The first kappa shape index (κ1) is 18.7. The number of halogens is 3. The highest BCUT2D eigenvalue weighted by Crippen LogP contribution is 2.30. The second-order valence-corrected chi connectivity index (χ2v) is 5.56. The summed E-state index contributed by atoms with van der Waals surface area (Å²) in [6, 6.07) is -0.284. The average molecular weight is 359 g/mol. The van der Waals surface area contributed by atoms with Crippen molar-refractivity contribution in [2.45, 2.75) is 25.6 Å². The summed E-state index contributed by atoms with van der Waals surface area (Å²) in [4.78, 5) is 21.2. The normalized spacial score (nSPS) is 19.6. The summed E-state index contributed by atoms with van der Waals surface area (Å²) >= 11 is 0. The molecule has 0 amide bonds. The van der Waals surface area contributed by atoms with Crippen LogP contribution in [-0.2, 0) is 9.53 Å². The molecule has 1 N–H and O–H groups in total. The van der Waals surface area contributed by atoms with E-state index < -0.39 is 17.1 Å². The molecule has 0 bridgehead atoms. The minimum atomic E-state index is -5.00. The van der Waals surface area contributed by atoms with Crippen LogP contribution in [0, 0.1) is 10.1 Å². The van der Waals surface area contributed by atoms with Crippen LogP contribution in [0.4, 0.5) is 13.2 Å². The largest absolute Gasteiger partial charge is 0.490 e. The van der Waals surface area contributed by atoms with E-state index in [4.69, 9.17) is 0 Å². The lowest BCUT2D eigenvalue weighted by molar-refractivity contribution is -0.420. The van der Waals surface area contributed by atoms with Gasteiger partial charge in [0.05, 0.1) is 23.1 Å². The zero-order valence-corrected chi connectivity index (χ0v) is 13.3. The number of allylic oxidation sites excluding steroid dienone is 1. The van der Waals surface area contributed by atoms with E-state index in [1.807, 2.05) is 0 Å². The second-order valence-electron chi connectivity index (χ2n) is 5.56. The van der Waals surface area contributed by atoms with Crippen LogP contribution < -0.4 is 5.43 Å². The number of alkyl halides is 3. The molecule has 0 spiro atoms. The van der Waals surface area contributed by atoms with E-state index in [0.717, 1.165) is 0 Å². The van der Waals surface area contributed by atoms with Gasteiger partial charge >= 0.3 is 12.1 Å². The summed E-state index contributed by atoms with van der Waals surface area (Å²) in [7, 11) is 0. The molecule has 10 heteroatoms. The highest BCUT2D eigenvalue weighted by molar-refractivity contribution is 5.75. The van der Waals surface area contributed by atoms with Gasteiger partial charge in [0.15, 0.2) is 0 Å². The maximum absolute atomic E-state index is 12.0. The number of hydrogen-bond donors (Lipinski definition) is 1. The van der Waals surface area contributed by atoms with Crippen LogP contribution >= 0.6 is 0 Å². The number of hydrazine groups is 1. The van der Waals surface area contributed by atoms with Crippen LogP contribution in [0.25, 0.3) is 0 Å². The quantitative estimate of drug-likeness (QED) is 0.339. The number of nitro groups is 1. The number of rotatable bonds is 6. The molecule has 1 aliphatic carbocycles. The molecule has 7 nitrogen and oxygen atoms in total. The number of fused-ring (bicyclic) bond motifs is 1. The molecule has 1 atom stereocenters. The molecule has 0 aromatic heterocycles. The molecule has 0 fully saturated rings. The third-order valence-electron chi connectivity index (χ3n) is 3.55. The van der Waals surface area contributed by atoms with Gasteiger partial charge in [0.2, 0.25) is 0 Å². The lowest BCUT2D eigenvalue weighted by Crippen LogP contribution is -2.37. The van der Waals surface area contributed by atoms with Crippen LogP contribution in [0.15, 0.2) is 47.3 Å². The van der Waals surface area contributed by atoms with E-state index in [9.17, 15) is 28.1 Å². The summed E-state index contributed by atoms with van der Waals surface area (Å²) in [5.41, 5.74) is 4.64. The Bertz CT molecular complexity index is 695. The predicted octanol–water partition coefficient (Wildman–Crippen LogP) is 2.23. The smallest absolute Gasteiger partial charge is 0.459 e. The Morgan fingerprint density at radius 2 is 2.20 bits per heavy atom. The van der Waals surface area contributed by atoms with Crippen LogP contribution in [0.5, 0.6) is 0 Å². The summed E-state index contributed by atoms with van der Waals surface area (Å²) in [5, 5.41) is 12.7. The molecule has 25 heavy (non-hydrogen) atoms. The van der Waals surface area contributed by atoms with Crippen LogP contribution in [0.2, 0.25) is 0 Å². The minimum absolute atomic E-state index is 0.0576. The van der Waals surface area contributed by atoms with Crippen molar-refractivity contribution in [1.82, 2.24) is 10.4 Å². The molecule has 0 saturated heterocycles. The van der Waals surface area contributed by atoms with Gasteiger partial charge in [-0.15, -0.1) is 0 Å². The predicted molar refractivity (Wildman–Crippen MR) is 81.3 cm³/mol. The highest BCUT2D eigenvalue weighted by Gasteiger charge is 2.40. The van der Waals surface area contributed by atoms with Gasteiger partial charge < -0.3 is 9.75 Å². The molecular formula is C15H16F3N3O4. The van der Waals surface area contributed by atoms with Crippen molar-refractivity contribution in [3.8, 4) is 0 Å². The van der Waals surface area contributed by atoms with Gasteiger partial charge in [0.25, 0.3) is 5.70 Å². The van der Waals surface area contributed by atoms with Gasteiger partial charge in [-0.3, -0.25) is 10.1 Å². The fourth-order valence-corrected chi connectivity index (χ4v) is 2.42. The Labute approximate surface area is 141 Å². The SMILES string of the molecule is C=C(C)C1=CC2NN(CCCOC(=O)C(F)(F)F)C=C2C=C1[N+](=O)[O-]. The van der Waals surface area contributed by atoms with Crippen molar-refractivity contribution in [3.05, 3.63) is 57.5 Å². The first-order chi connectivity index (χ1) is 11.6. The number of hydrogen-bond acceptors (Lipinski definition) is 6. The monoisotopic (exact) mass is 359 g/mol. The maximum atomic E-state index is 12.0. The standard InChI is InChI=1S/C15H16F3N3O4/c1-9(2)11-7-12-10(6-13(11)21(23)24)8-20(19-12)4-3-5-25-14(22)15(16,17)18/h6-8,12,19H,1,3-5H2,2H3. The molecule has 136 valence electrons. The minimum Gasteiger partial charge on any atom is -0.459 e. The first-order valence-corrected chi connectivity index (χ1v) is 7.32. The number of nitrogens with zero attached hydrogens (tertiary/aromatic N) is 2. The van der Waals surface area contributed by atoms with E-state index in [-0.39, 0.29) is 31.3 Å². The summed E-state index contributed by atoms with van der Waals surface area (Å²) in [6.07, 6.45) is -0.0999. The lowest BCUT2D eigenvalue weighted by atomic mass is 9.93. The van der Waals surface area contributed by atoms with Crippen LogP contribution in [-0.4, -0.2) is 41.3 Å². The molecule has 0 aromatic rings. The van der Waals surface area contributed by atoms with Crippen molar-refractivity contribution in [2.75, 3.05) is 13.2 Å². The van der Waals surface area contributed by atoms with E-state index >= 15 is 0 Å². The topological polar surface area (TPSA) is 84.7 Å². The molecule has 1 unspecified atom stereocenters. The molecule has 0 radical (unpaired) electrons. The van der Waals surface area contributed by atoms with E-state index in [1.54, 1.807) is 24.2 Å². The van der Waals surface area contributed by atoms with E-state index in [2.05, 4.69) is 16.7 Å². The van der Waals surface area contributed by atoms with Crippen molar-refractivity contribution < 1.29 is 27.6 Å². The zero-order valence-electron chi connectivity index (χ0n) is 13.3. The van der Waals surface area contributed by atoms with Crippen molar-refractivity contribution >= 4 is 5.97 Å². The van der Waals surface area contributed by atoms with Gasteiger partial charge in [-0.2, -0.15) is 13.2 Å². The maximum Gasteiger partial charge on any atom is 0.490 e. The number of ether oxygens (including phenoxy) is 1. The van der Waals surface area contributed by atoms with Crippen molar-refractivity contribution in [1.29, 1.82) is 0 Å². The second kappa shape index (κ2) is 7.09. The van der Waals surface area contributed by atoms with Gasteiger partial charge in [-0.1, -0.05) is 6.58 Å². The molecule has 2 aliphatic rings.